The number of furan rings is 1. The minimum Gasteiger partial charge on any atom is -0.459 e. The van der Waals surface area contributed by atoms with E-state index in [1.165, 1.54) is 11.2 Å². The molecule has 5 nitrogen and oxygen atoms in total. The lowest BCUT2D eigenvalue weighted by molar-refractivity contribution is -0.116. The van der Waals surface area contributed by atoms with Crippen molar-refractivity contribution >= 4 is 17.5 Å². The second-order valence-corrected chi connectivity index (χ2v) is 4.95. The van der Waals surface area contributed by atoms with Gasteiger partial charge in [0.25, 0.3) is 5.91 Å². The quantitative estimate of drug-likeness (QED) is 0.939. The molecule has 0 bridgehead atoms. The maximum absolute atomic E-state index is 12.1. The number of anilines is 1. The summed E-state index contributed by atoms with van der Waals surface area (Å²) in [5.74, 6) is -0.344. The summed E-state index contributed by atoms with van der Waals surface area (Å²) in [4.78, 5) is 25.4. The molecule has 1 N–H and O–H groups in total. The second kappa shape index (κ2) is 6.26. The fourth-order valence-electron chi connectivity index (χ4n) is 2.07. The van der Waals surface area contributed by atoms with Crippen LogP contribution < -0.4 is 5.32 Å². The molecule has 0 fully saturated rings. The zero-order valence-corrected chi connectivity index (χ0v) is 12.3. The van der Waals surface area contributed by atoms with E-state index in [0.29, 0.717) is 0 Å². The van der Waals surface area contributed by atoms with Gasteiger partial charge in [0.1, 0.15) is 0 Å². The van der Waals surface area contributed by atoms with Crippen LogP contribution in [0.3, 0.4) is 0 Å². The van der Waals surface area contributed by atoms with Crippen molar-refractivity contribution in [2.75, 3.05) is 18.9 Å². The van der Waals surface area contributed by atoms with Crippen LogP contribution in [0.2, 0.25) is 0 Å². The van der Waals surface area contributed by atoms with Crippen LogP contribution in [0.1, 0.15) is 21.7 Å². The highest BCUT2D eigenvalue weighted by Crippen LogP contribution is 2.19. The van der Waals surface area contributed by atoms with Crippen LogP contribution in [0, 0.1) is 13.8 Å². The molecule has 1 aromatic carbocycles. The number of likely N-dealkylation sites (N-methyl/N-ethyl adjacent to an activating group) is 1. The van der Waals surface area contributed by atoms with E-state index in [0.717, 1.165) is 16.8 Å². The Bertz CT molecular complexity index is 627. The average molecular weight is 286 g/mol. The molecule has 5 heteroatoms. The lowest BCUT2D eigenvalue weighted by atomic mass is 10.1. The summed E-state index contributed by atoms with van der Waals surface area (Å²) in [5, 5.41) is 2.85. The summed E-state index contributed by atoms with van der Waals surface area (Å²) in [7, 11) is 1.56. The maximum atomic E-state index is 12.1. The summed E-state index contributed by atoms with van der Waals surface area (Å²) < 4.78 is 5.03. The van der Waals surface area contributed by atoms with E-state index in [1.807, 2.05) is 32.0 Å². The molecule has 2 amide bonds. The number of hydrogen-bond acceptors (Lipinski definition) is 3. The summed E-state index contributed by atoms with van der Waals surface area (Å²) >= 11 is 0. The molecule has 0 saturated heterocycles. The van der Waals surface area contributed by atoms with Crippen molar-refractivity contribution in [3.05, 3.63) is 53.5 Å². The van der Waals surface area contributed by atoms with Crippen molar-refractivity contribution in [3.8, 4) is 0 Å². The Labute approximate surface area is 123 Å². The van der Waals surface area contributed by atoms with E-state index in [4.69, 9.17) is 4.42 Å². The van der Waals surface area contributed by atoms with Crippen molar-refractivity contribution < 1.29 is 14.0 Å². The van der Waals surface area contributed by atoms with Crippen LogP contribution in [0.4, 0.5) is 5.69 Å². The number of nitrogens with zero attached hydrogens (tertiary/aromatic N) is 1. The van der Waals surface area contributed by atoms with Gasteiger partial charge in [-0.25, -0.2) is 0 Å². The summed E-state index contributed by atoms with van der Waals surface area (Å²) in [5.41, 5.74) is 2.77. The molecule has 0 radical (unpaired) electrons. The van der Waals surface area contributed by atoms with Gasteiger partial charge in [-0.1, -0.05) is 18.2 Å². The van der Waals surface area contributed by atoms with Gasteiger partial charge in [0.15, 0.2) is 5.76 Å². The van der Waals surface area contributed by atoms with E-state index in [9.17, 15) is 9.59 Å². The lowest BCUT2D eigenvalue weighted by Gasteiger charge is -2.17. The Morgan fingerprint density at radius 2 is 1.81 bits per heavy atom. The second-order valence-electron chi connectivity index (χ2n) is 4.95. The van der Waals surface area contributed by atoms with Crippen molar-refractivity contribution in [3.63, 3.8) is 0 Å². The first-order valence-corrected chi connectivity index (χ1v) is 6.64. The molecule has 0 aliphatic heterocycles. The van der Waals surface area contributed by atoms with Crippen LogP contribution in [0.15, 0.2) is 41.0 Å². The molecule has 0 spiro atoms. The van der Waals surface area contributed by atoms with E-state index in [-0.39, 0.29) is 24.1 Å². The molecule has 0 saturated carbocycles. The number of carbonyl (C=O) groups is 2. The third kappa shape index (κ3) is 3.51. The number of nitrogens with one attached hydrogen (secondary N) is 1. The van der Waals surface area contributed by atoms with Gasteiger partial charge in [0.2, 0.25) is 5.91 Å². The molecule has 21 heavy (non-hydrogen) atoms. The smallest absolute Gasteiger partial charge is 0.289 e. The number of amides is 2. The molecule has 2 rings (SSSR count). The van der Waals surface area contributed by atoms with Gasteiger partial charge in [-0.15, -0.1) is 0 Å². The number of carbonyl (C=O) groups excluding carboxylic acids is 2. The van der Waals surface area contributed by atoms with Crippen molar-refractivity contribution in [1.29, 1.82) is 0 Å². The SMILES string of the molecule is Cc1cccc(C)c1NC(=O)CN(C)C(=O)c1ccco1. The summed E-state index contributed by atoms with van der Waals surface area (Å²) in [6.45, 7) is 3.83. The van der Waals surface area contributed by atoms with E-state index in [2.05, 4.69) is 5.32 Å². The number of hydrogen-bond donors (Lipinski definition) is 1. The molecular weight excluding hydrogens is 268 g/mol. The topological polar surface area (TPSA) is 62.6 Å². The minimum absolute atomic E-state index is 0.0344. The third-order valence-electron chi connectivity index (χ3n) is 3.20. The molecule has 0 atom stereocenters. The molecule has 0 aliphatic carbocycles. The van der Waals surface area contributed by atoms with Crippen molar-refractivity contribution in [2.24, 2.45) is 0 Å². The molecule has 110 valence electrons. The van der Waals surface area contributed by atoms with Crippen molar-refractivity contribution in [1.82, 2.24) is 4.90 Å². The molecule has 0 unspecified atom stereocenters. The van der Waals surface area contributed by atoms with E-state index >= 15 is 0 Å². The van der Waals surface area contributed by atoms with Gasteiger partial charge in [-0.05, 0) is 37.1 Å². The van der Waals surface area contributed by atoms with E-state index in [1.54, 1.807) is 19.2 Å². The average Bonchev–Trinajstić information content (AvgIpc) is 2.96. The van der Waals surface area contributed by atoms with Gasteiger partial charge in [-0.2, -0.15) is 0 Å². The molecular formula is C16H18N2O3. The predicted molar refractivity (Wildman–Crippen MR) is 80.2 cm³/mol. The number of benzene rings is 1. The molecule has 1 aromatic heterocycles. The predicted octanol–water partition coefficient (Wildman–Crippen LogP) is 2.61. The number of para-hydroxylation sites is 1. The van der Waals surface area contributed by atoms with Crippen LogP contribution >= 0.6 is 0 Å². The minimum atomic E-state index is -0.323. The standard InChI is InChI=1S/C16H18N2O3/c1-11-6-4-7-12(2)15(11)17-14(19)10-18(3)16(20)13-8-5-9-21-13/h4-9H,10H2,1-3H3,(H,17,19). The Morgan fingerprint density at radius 1 is 1.14 bits per heavy atom. The van der Waals surface area contributed by atoms with Crippen LogP contribution in [0.5, 0.6) is 0 Å². The van der Waals surface area contributed by atoms with Gasteiger partial charge in [0.05, 0.1) is 12.8 Å². The number of aryl methyl sites for hydroxylation is 2. The van der Waals surface area contributed by atoms with Crippen LogP contribution in [-0.2, 0) is 4.79 Å². The highest BCUT2D eigenvalue weighted by molar-refractivity contribution is 5.98. The van der Waals surface area contributed by atoms with Gasteiger partial charge < -0.3 is 14.6 Å². The highest BCUT2D eigenvalue weighted by atomic mass is 16.3. The van der Waals surface area contributed by atoms with Crippen molar-refractivity contribution in [2.45, 2.75) is 13.8 Å². The van der Waals surface area contributed by atoms with Gasteiger partial charge in [-0.3, -0.25) is 9.59 Å². The normalized spacial score (nSPS) is 10.2. The number of rotatable bonds is 4. The zero-order valence-electron chi connectivity index (χ0n) is 12.3. The molecule has 1 heterocycles. The largest absolute Gasteiger partial charge is 0.459 e. The van der Waals surface area contributed by atoms with Crippen LogP contribution in [-0.4, -0.2) is 30.3 Å². The first kappa shape index (κ1) is 14.8. The molecule has 0 aliphatic rings. The first-order chi connectivity index (χ1) is 9.99. The Balaban J connectivity index is 2.00. The molecule has 2 aromatic rings. The Morgan fingerprint density at radius 3 is 2.38 bits per heavy atom. The highest BCUT2D eigenvalue weighted by Gasteiger charge is 2.17. The first-order valence-electron chi connectivity index (χ1n) is 6.64. The van der Waals surface area contributed by atoms with Gasteiger partial charge in [0, 0.05) is 12.7 Å². The summed E-state index contributed by atoms with van der Waals surface area (Å²) in [6, 6.07) is 9.01. The lowest BCUT2D eigenvalue weighted by Crippen LogP contribution is -2.35. The van der Waals surface area contributed by atoms with E-state index < -0.39 is 0 Å². The Kier molecular flexibility index (Phi) is 4.42. The van der Waals surface area contributed by atoms with Crippen LogP contribution in [0.25, 0.3) is 0 Å². The monoisotopic (exact) mass is 286 g/mol. The fourth-order valence-corrected chi connectivity index (χ4v) is 2.07. The fraction of sp³-hybridized carbons (Fsp3) is 0.250. The zero-order chi connectivity index (χ0) is 15.4. The Hall–Kier alpha value is -2.56. The van der Waals surface area contributed by atoms with Gasteiger partial charge >= 0.3 is 0 Å². The maximum Gasteiger partial charge on any atom is 0.289 e. The summed E-state index contributed by atoms with van der Waals surface area (Å²) in [6.07, 6.45) is 1.43. The third-order valence-corrected chi connectivity index (χ3v) is 3.20.